The lowest BCUT2D eigenvalue weighted by molar-refractivity contribution is 0.0713. The van der Waals surface area contributed by atoms with E-state index < -0.39 is 0 Å². The van der Waals surface area contributed by atoms with Gasteiger partial charge in [-0.05, 0) is 44.0 Å². The summed E-state index contributed by atoms with van der Waals surface area (Å²) in [5.41, 5.74) is 1.09. The maximum absolute atomic E-state index is 12.8. The molecule has 0 aliphatic carbocycles. The molecule has 0 radical (unpaired) electrons. The van der Waals surface area contributed by atoms with Crippen LogP contribution >= 0.6 is 0 Å². The van der Waals surface area contributed by atoms with E-state index >= 15 is 0 Å². The number of carbonyl (C=O) groups excluding carboxylic acids is 1. The van der Waals surface area contributed by atoms with E-state index in [-0.39, 0.29) is 11.9 Å². The van der Waals surface area contributed by atoms with Crippen LogP contribution in [-0.4, -0.2) is 27.5 Å². The van der Waals surface area contributed by atoms with Crippen molar-refractivity contribution >= 4 is 5.91 Å². The third-order valence-corrected chi connectivity index (χ3v) is 4.19. The average Bonchev–Trinajstić information content (AvgIpc) is 3.31. The molecule has 1 fully saturated rings. The summed E-state index contributed by atoms with van der Waals surface area (Å²) in [6, 6.07) is 9.22. The Kier molecular flexibility index (Phi) is 3.29. The van der Waals surface area contributed by atoms with Crippen LogP contribution in [0, 0.1) is 6.92 Å². The molecular weight excluding hydrogens is 294 g/mol. The number of aromatic amines is 1. The molecule has 1 saturated heterocycles. The molecule has 6 nitrogen and oxygen atoms in total. The zero-order chi connectivity index (χ0) is 15.8. The van der Waals surface area contributed by atoms with E-state index in [1.807, 2.05) is 30.0 Å². The summed E-state index contributed by atoms with van der Waals surface area (Å²) >= 11 is 0. The second-order valence-corrected chi connectivity index (χ2v) is 5.75. The molecule has 1 amide bonds. The molecule has 3 aromatic heterocycles. The van der Waals surface area contributed by atoms with Gasteiger partial charge in [0.15, 0.2) is 11.5 Å². The minimum Gasteiger partial charge on any atom is -0.464 e. The summed E-state index contributed by atoms with van der Waals surface area (Å²) in [6.07, 6.45) is 3.47. The largest absolute Gasteiger partial charge is 0.464 e. The Bertz CT molecular complexity index is 816. The van der Waals surface area contributed by atoms with E-state index in [9.17, 15) is 4.79 Å². The number of H-pyrrole nitrogens is 1. The number of aryl methyl sites for hydroxylation is 1. The molecule has 0 bridgehead atoms. The lowest BCUT2D eigenvalue weighted by atomic mass is 10.1. The van der Waals surface area contributed by atoms with Crippen LogP contribution in [-0.2, 0) is 0 Å². The van der Waals surface area contributed by atoms with Gasteiger partial charge in [-0.25, -0.2) is 0 Å². The lowest BCUT2D eigenvalue weighted by Crippen LogP contribution is -2.30. The third kappa shape index (κ3) is 2.46. The summed E-state index contributed by atoms with van der Waals surface area (Å²) < 4.78 is 11.0. The molecule has 1 unspecified atom stereocenters. The van der Waals surface area contributed by atoms with Crippen LogP contribution < -0.4 is 0 Å². The van der Waals surface area contributed by atoms with E-state index in [4.69, 9.17) is 8.83 Å². The van der Waals surface area contributed by atoms with E-state index in [1.165, 1.54) is 0 Å². The van der Waals surface area contributed by atoms with Crippen molar-refractivity contribution in [2.75, 3.05) is 6.54 Å². The SMILES string of the molecule is Cc1ccc(C2CCCN2C(=O)c2cc(-c3ccco3)[nH]n2)o1. The Labute approximate surface area is 133 Å². The summed E-state index contributed by atoms with van der Waals surface area (Å²) in [5, 5.41) is 7.00. The smallest absolute Gasteiger partial charge is 0.274 e. The second-order valence-electron chi connectivity index (χ2n) is 5.75. The van der Waals surface area contributed by atoms with Crippen LogP contribution in [0.25, 0.3) is 11.5 Å². The van der Waals surface area contributed by atoms with Gasteiger partial charge in [0, 0.05) is 12.6 Å². The minimum atomic E-state index is -0.0874. The van der Waals surface area contributed by atoms with Crippen LogP contribution in [0.1, 0.15) is 40.9 Å². The van der Waals surface area contributed by atoms with E-state index in [0.29, 0.717) is 23.7 Å². The molecular formula is C17H17N3O3. The second kappa shape index (κ2) is 5.46. The fourth-order valence-corrected chi connectivity index (χ4v) is 3.07. The molecule has 1 aliphatic rings. The highest BCUT2D eigenvalue weighted by atomic mass is 16.3. The highest BCUT2D eigenvalue weighted by Gasteiger charge is 2.33. The number of nitrogens with one attached hydrogen (secondary N) is 1. The number of nitrogens with zero attached hydrogens (tertiary/aromatic N) is 2. The molecule has 0 aromatic carbocycles. The molecule has 0 saturated carbocycles. The summed E-state index contributed by atoms with van der Waals surface area (Å²) in [4.78, 5) is 14.6. The summed E-state index contributed by atoms with van der Waals surface area (Å²) in [5.74, 6) is 2.28. The number of furan rings is 2. The quantitative estimate of drug-likeness (QED) is 0.802. The van der Waals surface area contributed by atoms with Gasteiger partial charge < -0.3 is 13.7 Å². The zero-order valence-corrected chi connectivity index (χ0v) is 12.8. The Morgan fingerprint density at radius 2 is 2.30 bits per heavy atom. The molecule has 0 spiro atoms. The van der Waals surface area contributed by atoms with Crippen LogP contribution in [0.4, 0.5) is 0 Å². The Morgan fingerprint density at radius 1 is 1.39 bits per heavy atom. The van der Waals surface area contributed by atoms with Crippen molar-refractivity contribution in [3.8, 4) is 11.5 Å². The Hall–Kier alpha value is -2.76. The number of aromatic nitrogens is 2. The van der Waals surface area contributed by atoms with E-state index in [0.717, 1.165) is 24.4 Å². The molecule has 6 heteroatoms. The molecule has 118 valence electrons. The van der Waals surface area contributed by atoms with Crippen molar-refractivity contribution in [3.05, 3.63) is 53.8 Å². The highest BCUT2D eigenvalue weighted by Crippen LogP contribution is 2.34. The number of likely N-dealkylation sites (tertiary alicyclic amines) is 1. The number of rotatable bonds is 3. The molecule has 1 aliphatic heterocycles. The first-order valence-corrected chi connectivity index (χ1v) is 7.69. The predicted octanol–water partition coefficient (Wildman–Crippen LogP) is 3.55. The van der Waals surface area contributed by atoms with Gasteiger partial charge in [0.1, 0.15) is 17.2 Å². The van der Waals surface area contributed by atoms with Gasteiger partial charge in [0.2, 0.25) is 0 Å². The first kappa shape index (κ1) is 13.9. The molecule has 1 N–H and O–H groups in total. The van der Waals surface area contributed by atoms with Gasteiger partial charge in [-0.2, -0.15) is 5.10 Å². The van der Waals surface area contributed by atoms with Gasteiger partial charge in [-0.3, -0.25) is 9.89 Å². The van der Waals surface area contributed by atoms with Gasteiger partial charge in [0.25, 0.3) is 5.91 Å². The number of hydrogen-bond donors (Lipinski definition) is 1. The molecule has 4 rings (SSSR count). The summed E-state index contributed by atoms with van der Waals surface area (Å²) in [7, 11) is 0. The number of hydrogen-bond acceptors (Lipinski definition) is 4. The van der Waals surface area contributed by atoms with Crippen LogP contribution in [0.15, 0.2) is 45.4 Å². The summed E-state index contributed by atoms with van der Waals surface area (Å²) in [6.45, 7) is 2.63. The van der Waals surface area contributed by atoms with Gasteiger partial charge in [-0.1, -0.05) is 0 Å². The monoisotopic (exact) mass is 311 g/mol. The molecule has 23 heavy (non-hydrogen) atoms. The Morgan fingerprint density at radius 3 is 3.04 bits per heavy atom. The third-order valence-electron chi connectivity index (χ3n) is 4.19. The fourth-order valence-electron chi connectivity index (χ4n) is 3.07. The number of amides is 1. The van der Waals surface area contributed by atoms with Crippen molar-refractivity contribution in [1.82, 2.24) is 15.1 Å². The number of carbonyl (C=O) groups is 1. The molecule has 3 aromatic rings. The Balaban J connectivity index is 1.58. The predicted molar refractivity (Wildman–Crippen MR) is 82.7 cm³/mol. The van der Waals surface area contributed by atoms with Crippen molar-refractivity contribution < 1.29 is 13.6 Å². The van der Waals surface area contributed by atoms with Crippen molar-refractivity contribution in [2.45, 2.75) is 25.8 Å². The van der Waals surface area contributed by atoms with Crippen LogP contribution in [0.3, 0.4) is 0 Å². The average molecular weight is 311 g/mol. The van der Waals surface area contributed by atoms with Crippen LogP contribution in [0.5, 0.6) is 0 Å². The maximum atomic E-state index is 12.8. The highest BCUT2D eigenvalue weighted by molar-refractivity contribution is 5.93. The van der Waals surface area contributed by atoms with Crippen molar-refractivity contribution in [1.29, 1.82) is 0 Å². The maximum Gasteiger partial charge on any atom is 0.274 e. The van der Waals surface area contributed by atoms with Crippen molar-refractivity contribution in [2.24, 2.45) is 0 Å². The molecule has 1 atom stereocenters. The zero-order valence-electron chi connectivity index (χ0n) is 12.8. The van der Waals surface area contributed by atoms with Gasteiger partial charge in [-0.15, -0.1) is 0 Å². The normalized spacial score (nSPS) is 17.8. The van der Waals surface area contributed by atoms with E-state index in [1.54, 1.807) is 18.4 Å². The topological polar surface area (TPSA) is 75.3 Å². The fraction of sp³-hybridized carbons (Fsp3) is 0.294. The van der Waals surface area contributed by atoms with Gasteiger partial charge in [0.05, 0.1) is 12.3 Å². The lowest BCUT2D eigenvalue weighted by Gasteiger charge is -2.22. The minimum absolute atomic E-state index is 0.0139. The van der Waals surface area contributed by atoms with E-state index in [2.05, 4.69) is 10.2 Å². The first-order chi connectivity index (χ1) is 11.2. The van der Waals surface area contributed by atoms with Crippen LogP contribution in [0.2, 0.25) is 0 Å². The first-order valence-electron chi connectivity index (χ1n) is 7.69. The van der Waals surface area contributed by atoms with Gasteiger partial charge >= 0.3 is 0 Å². The standard InChI is InChI=1S/C17H17N3O3/c1-11-6-7-16(23-11)14-4-2-8-20(14)17(21)13-10-12(18-19-13)15-5-3-9-22-15/h3,5-7,9-10,14H,2,4,8H2,1H3,(H,18,19). The van der Waals surface area contributed by atoms with Crippen molar-refractivity contribution in [3.63, 3.8) is 0 Å². The molecule has 4 heterocycles.